The first-order valence-corrected chi connectivity index (χ1v) is 7.33. The van der Waals surface area contributed by atoms with Crippen LogP contribution in [0.2, 0.25) is 10.0 Å². The van der Waals surface area contributed by atoms with Gasteiger partial charge in [0.1, 0.15) is 11.3 Å². The molecule has 0 aliphatic rings. The fraction of sp³-hybridized carbons (Fsp3) is 0.143. The lowest BCUT2D eigenvalue weighted by Crippen LogP contribution is -2.03. The summed E-state index contributed by atoms with van der Waals surface area (Å²) < 4.78 is 1.93. The van der Waals surface area contributed by atoms with E-state index in [2.05, 4.69) is 9.97 Å². The van der Waals surface area contributed by atoms with E-state index in [1.807, 2.05) is 28.8 Å². The maximum atomic E-state index is 6.28. The fourth-order valence-electron chi connectivity index (χ4n) is 2.13. The maximum absolute atomic E-state index is 6.28. The van der Waals surface area contributed by atoms with Crippen molar-refractivity contribution in [3.63, 3.8) is 0 Å². The first-order valence-electron chi connectivity index (χ1n) is 6.04. The van der Waals surface area contributed by atoms with Gasteiger partial charge in [0.25, 0.3) is 0 Å². The Hall–Kier alpha value is -1.29. The molecule has 3 rings (SSSR count). The summed E-state index contributed by atoms with van der Waals surface area (Å²) in [7, 11) is 0. The first-order chi connectivity index (χ1) is 9.70. The average molecular weight is 327 g/mol. The Balaban J connectivity index is 2.32. The second kappa shape index (κ2) is 5.60. The second-order valence-electron chi connectivity index (χ2n) is 4.25. The number of pyridine rings is 1. The van der Waals surface area contributed by atoms with Crippen LogP contribution >= 0.6 is 34.8 Å². The molecule has 1 aromatic carbocycles. The molecule has 102 valence electrons. The summed E-state index contributed by atoms with van der Waals surface area (Å²) in [5.74, 6) is 1.29. The van der Waals surface area contributed by atoms with Crippen molar-refractivity contribution in [2.24, 2.45) is 0 Å². The molecule has 6 heteroatoms. The molecule has 0 radical (unpaired) electrons. The van der Waals surface area contributed by atoms with Gasteiger partial charge in [0.15, 0.2) is 5.65 Å². The number of benzene rings is 1. The molecule has 0 fully saturated rings. The zero-order valence-electron chi connectivity index (χ0n) is 10.4. The van der Waals surface area contributed by atoms with Crippen LogP contribution in [0, 0.1) is 0 Å². The van der Waals surface area contributed by atoms with Crippen LogP contribution in [0.3, 0.4) is 0 Å². The van der Waals surface area contributed by atoms with Crippen LogP contribution in [0.4, 0.5) is 0 Å². The van der Waals surface area contributed by atoms with E-state index in [1.165, 1.54) is 0 Å². The SMILES string of the molecule is ClCCc1nc2cc(Cl)cnc2n1-c1ccccc1Cl. The highest BCUT2D eigenvalue weighted by Gasteiger charge is 2.15. The zero-order chi connectivity index (χ0) is 14.1. The minimum atomic E-state index is 0.474. The topological polar surface area (TPSA) is 30.7 Å². The monoisotopic (exact) mass is 325 g/mol. The van der Waals surface area contributed by atoms with Crippen LogP contribution in [0.1, 0.15) is 5.82 Å². The number of rotatable bonds is 3. The minimum absolute atomic E-state index is 0.474. The molecule has 2 aromatic heterocycles. The molecule has 0 saturated heterocycles. The number of hydrogen-bond donors (Lipinski definition) is 0. The van der Waals surface area contributed by atoms with Gasteiger partial charge < -0.3 is 0 Å². The Morgan fingerprint density at radius 3 is 2.70 bits per heavy atom. The molecule has 0 N–H and O–H groups in total. The van der Waals surface area contributed by atoms with E-state index < -0.39 is 0 Å². The van der Waals surface area contributed by atoms with Crippen molar-refractivity contribution in [2.75, 3.05) is 5.88 Å². The van der Waals surface area contributed by atoms with Crippen LogP contribution in [-0.4, -0.2) is 20.4 Å². The molecule has 0 unspecified atom stereocenters. The lowest BCUT2D eigenvalue weighted by Gasteiger charge is -2.09. The van der Waals surface area contributed by atoms with Gasteiger partial charge in [-0.25, -0.2) is 9.97 Å². The van der Waals surface area contributed by atoms with E-state index >= 15 is 0 Å². The van der Waals surface area contributed by atoms with Gasteiger partial charge in [-0.15, -0.1) is 11.6 Å². The van der Waals surface area contributed by atoms with Crippen LogP contribution in [0.15, 0.2) is 36.5 Å². The molecule has 0 amide bonds. The number of aryl methyl sites for hydroxylation is 1. The standard InChI is InChI=1S/C14H10Cl3N3/c15-6-5-13-19-11-7-9(16)8-18-14(11)20(13)12-4-2-1-3-10(12)17/h1-4,7-8H,5-6H2. The molecule has 0 bridgehead atoms. The van der Waals surface area contributed by atoms with E-state index in [0.717, 1.165) is 22.7 Å². The van der Waals surface area contributed by atoms with Crippen molar-refractivity contribution in [2.45, 2.75) is 6.42 Å². The smallest absolute Gasteiger partial charge is 0.164 e. The Labute approximate surface area is 131 Å². The highest BCUT2D eigenvalue weighted by molar-refractivity contribution is 6.32. The number of imidazole rings is 1. The molecule has 0 aliphatic heterocycles. The molecule has 2 heterocycles. The van der Waals surface area contributed by atoms with E-state index in [9.17, 15) is 0 Å². The number of hydrogen-bond acceptors (Lipinski definition) is 2. The molecular weight excluding hydrogens is 317 g/mol. The third kappa shape index (κ3) is 2.37. The van der Waals surface area contributed by atoms with Crippen LogP contribution in [0.25, 0.3) is 16.9 Å². The molecule has 3 nitrogen and oxygen atoms in total. The average Bonchev–Trinajstić information content (AvgIpc) is 2.77. The second-order valence-corrected chi connectivity index (χ2v) is 5.47. The summed E-state index contributed by atoms with van der Waals surface area (Å²) in [5, 5.41) is 1.19. The maximum Gasteiger partial charge on any atom is 0.164 e. The molecule has 0 atom stereocenters. The van der Waals surface area contributed by atoms with Crippen molar-refractivity contribution in [3.8, 4) is 5.69 Å². The predicted octanol–water partition coefficient (Wildman–Crippen LogP) is 4.51. The molecule has 0 saturated carbocycles. The van der Waals surface area contributed by atoms with E-state index in [1.54, 1.807) is 12.3 Å². The molecular formula is C14H10Cl3N3. The summed E-state index contributed by atoms with van der Waals surface area (Å²) in [6.45, 7) is 0. The summed E-state index contributed by atoms with van der Waals surface area (Å²) in [6.07, 6.45) is 2.23. The van der Waals surface area contributed by atoms with E-state index in [-0.39, 0.29) is 0 Å². The van der Waals surface area contributed by atoms with E-state index in [4.69, 9.17) is 34.8 Å². The lowest BCUT2D eigenvalue weighted by molar-refractivity contribution is 0.905. The summed E-state index contributed by atoms with van der Waals surface area (Å²) in [5.41, 5.74) is 2.30. The highest BCUT2D eigenvalue weighted by Crippen LogP contribution is 2.27. The van der Waals surface area contributed by atoms with Gasteiger partial charge in [-0.3, -0.25) is 4.57 Å². The molecule has 20 heavy (non-hydrogen) atoms. The summed E-state index contributed by atoms with van der Waals surface area (Å²) in [6, 6.07) is 9.36. The highest BCUT2D eigenvalue weighted by atomic mass is 35.5. The minimum Gasteiger partial charge on any atom is -0.279 e. The summed E-state index contributed by atoms with van der Waals surface area (Å²) in [4.78, 5) is 8.92. The molecule has 0 aliphatic carbocycles. The van der Waals surface area contributed by atoms with Gasteiger partial charge in [0, 0.05) is 18.5 Å². The predicted molar refractivity (Wildman–Crippen MR) is 83.3 cm³/mol. The number of halogens is 3. The van der Waals surface area contributed by atoms with Crippen molar-refractivity contribution in [1.29, 1.82) is 0 Å². The third-order valence-corrected chi connectivity index (χ3v) is 3.66. The van der Waals surface area contributed by atoms with Crippen molar-refractivity contribution < 1.29 is 0 Å². The van der Waals surface area contributed by atoms with Crippen LogP contribution < -0.4 is 0 Å². The third-order valence-electron chi connectivity index (χ3n) is 2.94. The Morgan fingerprint density at radius 1 is 1.15 bits per heavy atom. The lowest BCUT2D eigenvalue weighted by atomic mass is 10.3. The van der Waals surface area contributed by atoms with Gasteiger partial charge in [-0.2, -0.15) is 0 Å². The van der Waals surface area contributed by atoms with Gasteiger partial charge in [0.2, 0.25) is 0 Å². The number of para-hydroxylation sites is 1. The number of fused-ring (bicyclic) bond motifs is 1. The zero-order valence-corrected chi connectivity index (χ0v) is 12.6. The van der Waals surface area contributed by atoms with Crippen molar-refractivity contribution in [1.82, 2.24) is 14.5 Å². The first kappa shape index (κ1) is 13.7. The Bertz CT molecular complexity index is 767. The Kier molecular flexibility index (Phi) is 3.83. The van der Waals surface area contributed by atoms with Gasteiger partial charge in [-0.05, 0) is 18.2 Å². The van der Waals surface area contributed by atoms with Gasteiger partial charge >= 0.3 is 0 Å². The summed E-state index contributed by atoms with van der Waals surface area (Å²) >= 11 is 18.1. The number of nitrogens with zero attached hydrogens (tertiary/aromatic N) is 3. The van der Waals surface area contributed by atoms with Gasteiger partial charge in [0.05, 0.1) is 15.7 Å². The number of aromatic nitrogens is 3. The quantitative estimate of drug-likeness (QED) is 0.663. The van der Waals surface area contributed by atoms with Gasteiger partial charge in [-0.1, -0.05) is 35.3 Å². The van der Waals surface area contributed by atoms with Crippen LogP contribution in [-0.2, 0) is 6.42 Å². The van der Waals surface area contributed by atoms with Crippen molar-refractivity contribution >= 4 is 46.0 Å². The van der Waals surface area contributed by atoms with Crippen LogP contribution in [0.5, 0.6) is 0 Å². The van der Waals surface area contributed by atoms with E-state index in [0.29, 0.717) is 22.3 Å². The largest absolute Gasteiger partial charge is 0.279 e. The number of alkyl halides is 1. The fourth-order valence-corrected chi connectivity index (χ4v) is 2.67. The Morgan fingerprint density at radius 2 is 1.95 bits per heavy atom. The molecule has 3 aromatic rings. The normalized spacial score (nSPS) is 11.2. The molecule has 0 spiro atoms. The van der Waals surface area contributed by atoms with Crippen molar-refractivity contribution in [3.05, 3.63) is 52.4 Å².